The largest absolute Gasteiger partial charge is 0.307 e. The third-order valence-electron chi connectivity index (χ3n) is 5.91. The number of imidazole rings is 1. The minimum absolute atomic E-state index is 0.175. The van der Waals surface area contributed by atoms with Crippen molar-refractivity contribution in [3.8, 4) is 0 Å². The van der Waals surface area contributed by atoms with E-state index in [0.29, 0.717) is 12.2 Å². The number of aryl methyl sites for hydroxylation is 2. The highest BCUT2D eigenvalue weighted by molar-refractivity contribution is 5.76. The molecule has 31 heavy (non-hydrogen) atoms. The first-order valence-electron chi connectivity index (χ1n) is 10.9. The number of hydrogen-bond donors (Lipinski definition) is 1. The van der Waals surface area contributed by atoms with Gasteiger partial charge in [0.2, 0.25) is 5.62 Å². The Morgan fingerprint density at radius 3 is 1.90 bits per heavy atom. The molecule has 4 rings (SSSR count). The normalized spacial score (nSPS) is 12.5. The molecule has 4 aromatic rings. The predicted molar refractivity (Wildman–Crippen MR) is 129 cm³/mol. The molecule has 0 bridgehead atoms. The van der Waals surface area contributed by atoms with Gasteiger partial charge in [-0.25, -0.2) is 0 Å². The average Bonchev–Trinajstić information content (AvgIpc) is 3.02. The van der Waals surface area contributed by atoms with Gasteiger partial charge in [-0.1, -0.05) is 71.8 Å². The maximum Gasteiger partial charge on any atom is 0.203 e. The number of rotatable bonds is 7. The highest BCUT2D eigenvalue weighted by atomic mass is 15.2. The third-order valence-corrected chi connectivity index (χ3v) is 5.91. The van der Waals surface area contributed by atoms with E-state index in [-0.39, 0.29) is 6.04 Å². The van der Waals surface area contributed by atoms with E-state index in [1.165, 1.54) is 22.3 Å². The smallest absolute Gasteiger partial charge is 0.203 e. The number of aromatic nitrogens is 2. The lowest BCUT2D eigenvalue weighted by molar-refractivity contribution is 0.316. The minimum Gasteiger partial charge on any atom is -0.307 e. The van der Waals surface area contributed by atoms with E-state index in [2.05, 4.69) is 115 Å². The van der Waals surface area contributed by atoms with Crippen LogP contribution < -0.4 is 5.62 Å². The molecule has 1 heterocycles. The Balaban J connectivity index is 1.80. The van der Waals surface area contributed by atoms with Crippen LogP contribution in [-0.2, 0) is 13.0 Å². The number of fused-ring (bicyclic) bond motifs is 1. The van der Waals surface area contributed by atoms with E-state index >= 15 is 0 Å². The predicted octanol–water partition coefficient (Wildman–Crippen LogP) is 4.93. The third kappa shape index (κ3) is 4.64. The molecule has 1 atom stereocenters. The zero-order valence-electron chi connectivity index (χ0n) is 19.0. The van der Waals surface area contributed by atoms with E-state index in [1.54, 1.807) is 0 Å². The second kappa shape index (κ2) is 8.94. The van der Waals surface area contributed by atoms with Crippen LogP contribution in [0.3, 0.4) is 0 Å². The van der Waals surface area contributed by atoms with Gasteiger partial charge in [0.25, 0.3) is 0 Å². The topological polar surface area (TPSA) is 37.0 Å². The molecule has 0 amide bonds. The number of nitrogens with zero attached hydrogens (tertiary/aromatic N) is 3. The van der Waals surface area contributed by atoms with Crippen molar-refractivity contribution >= 4 is 11.0 Å². The van der Waals surface area contributed by atoms with Gasteiger partial charge in [0.15, 0.2) is 0 Å². The molecule has 0 aliphatic heterocycles. The number of para-hydroxylation sites is 2. The van der Waals surface area contributed by atoms with Crippen molar-refractivity contribution in [3.05, 3.63) is 101 Å². The quantitative estimate of drug-likeness (QED) is 0.459. The number of benzene rings is 3. The van der Waals surface area contributed by atoms with Crippen LogP contribution >= 0.6 is 0 Å². The Morgan fingerprint density at radius 2 is 1.32 bits per heavy atom. The van der Waals surface area contributed by atoms with Crippen molar-refractivity contribution in [2.45, 2.75) is 32.9 Å². The molecule has 1 N–H and O–H groups in total. The van der Waals surface area contributed by atoms with Crippen LogP contribution in [0.5, 0.6) is 0 Å². The highest BCUT2D eigenvalue weighted by Crippen LogP contribution is 2.22. The van der Waals surface area contributed by atoms with Crippen molar-refractivity contribution < 1.29 is 0 Å². The minimum atomic E-state index is 0.175. The summed E-state index contributed by atoms with van der Waals surface area (Å²) in [6.45, 7) is 5.81. The van der Waals surface area contributed by atoms with E-state index in [9.17, 15) is 0 Å². The second-order valence-corrected chi connectivity index (χ2v) is 8.86. The molecular formula is C27H32N4. The van der Waals surface area contributed by atoms with E-state index in [0.717, 1.165) is 24.0 Å². The summed E-state index contributed by atoms with van der Waals surface area (Å²) in [6, 6.07) is 26.0. The molecular weight excluding hydrogens is 380 g/mol. The maximum absolute atomic E-state index is 9.15. The van der Waals surface area contributed by atoms with Gasteiger partial charge in [-0.3, -0.25) is 5.41 Å². The molecule has 0 fully saturated rings. The van der Waals surface area contributed by atoms with E-state index in [4.69, 9.17) is 5.41 Å². The molecule has 0 saturated carbocycles. The van der Waals surface area contributed by atoms with Gasteiger partial charge in [0.05, 0.1) is 23.6 Å². The van der Waals surface area contributed by atoms with Crippen LogP contribution in [0.2, 0.25) is 0 Å². The van der Waals surface area contributed by atoms with Gasteiger partial charge >= 0.3 is 0 Å². The van der Waals surface area contributed by atoms with Crippen molar-refractivity contribution in [1.29, 1.82) is 5.41 Å². The summed E-state index contributed by atoms with van der Waals surface area (Å²) in [6.07, 6.45) is 0.896. The average molecular weight is 413 g/mol. The molecule has 0 spiro atoms. The molecule has 3 aromatic carbocycles. The van der Waals surface area contributed by atoms with Crippen LogP contribution in [0.15, 0.2) is 72.8 Å². The zero-order chi connectivity index (χ0) is 22.0. The standard InChI is InChI=1S/C27H32N4/c1-20-9-13-22(14-10-20)17-24(19-29(3)4)31-26-8-6-5-7-25(26)30(27(31)28)18-23-15-11-21(2)12-16-23/h5-16,24,28H,17-19H2,1-4H3. The SMILES string of the molecule is Cc1ccc(CC(CN(C)C)n2c(=N)n(Cc3ccc(C)cc3)c3ccccc32)cc1. The van der Waals surface area contributed by atoms with Crippen LogP contribution in [0.25, 0.3) is 11.0 Å². The monoisotopic (exact) mass is 412 g/mol. The molecule has 0 aliphatic carbocycles. The van der Waals surface area contributed by atoms with Crippen molar-refractivity contribution in [3.63, 3.8) is 0 Å². The fourth-order valence-electron chi connectivity index (χ4n) is 4.32. The van der Waals surface area contributed by atoms with Gasteiger partial charge in [-0.05, 0) is 57.6 Å². The summed E-state index contributed by atoms with van der Waals surface area (Å²) < 4.78 is 4.36. The van der Waals surface area contributed by atoms with Crippen LogP contribution in [-0.4, -0.2) is 34.7 Å². The second-order valence-electron chi connectivity index (χ2n) is 8.86. The molecule has 4 nitrogen and oxygen atoms in total. The Labute approximate surface area is 184 Å². The van der Waals surface area contributed by atoms with E-state index < -0.39 is 0 Å². The van der Waals surface area contributed by atoms with Crippen molar-refractivity contribution in [1.82, 2.24) is 14.0 Å². The van der Waals surface area contributed by atoms with Gasteiger partial charge in [0.1, 0.15) is 0 Å². The summed E-state index contributed by atoms with van der Waals surface area (Å²) in [5.41, 5.74) is 7.84. The van der Waals surface area contributed by atoms with Gasteiger partial charge in [-0.2, -0.15) is 0 Å². The summed E-state index contributed by atoms with van der Waals surface area (Å²) in [7, 11) is 4.22. The first-order valence-corrected chi connectivity index (χ1v) is 10.9. The lowest BCUT2D eigenvalue weighted by Gasteiger charge is -2.23. The van der Waals surface area contributed by atoms with Gasteiger partial charge in [-0.15, -0.1) is 0 Å². The Hall–Kier alpha value is -3.11. The summed E-state index contributed by atoms with van der Waals surface area (Å²) in [5, 5.41) is 9.15. The number of hydrogen-bond acceptors (Lipinski definition) is 2. The molecule has 1 aromatic heterocycles. The number of nitrogens with one attached hydrogen (secondary N) is 1. The maximum atomic E-state index is 9.15. The molecule has 0 radical (unpaired) electrons. The summed E-state index contributed by atoms with van der Waals surface area (Å²) >= 11 is 0. The van der Waals surface area contributed by atoms with Gasteiger partial charge in [0, 0.05) is 6.54 Å². The fourth-order valence-corrected chi connectivity index (χ4v) is 4.32. The first kappa shape index (κ1) is 21.1. The van der Waals surface area contributed by atoms with E-state index in [1.807, 2.05) is 0 Å². The van der Waals surface area contributed by atoms with Crippen LogP contribution in [0, 0.1) is 19.3 Å². The summed E-state index contributed by atoms with van der Waals surface area (Å²) in [4.78, 5) is 2.22. The first-order chi connectivity index (χ1) is 14.9. The lowest BCUT2D eigenvalue weighted by atomic mass is 10.0. The zero-order valence-corrected chi connectivity index (χ0v) is 19.0. The van der Waals surface area contributed by atoms with Crippen molar-refractivity contribution in [2.24, 2.45) is 0 Å². The van der Waals surface area contributed by atoms with Crippen LogP contribution in [0.4, 0.5) is 0 Å². The fraction of sp³-hybridized carbons (Fsp3) is 0.296. The Bertz CT molecular complexity index is 1210. The molecule has 160 valence electrons. The molecule has 0 saturated heterocycles. The molecule has 1 unspecified atom stereocenters. The molecule has 0 aliphatic rings. The lowest BCUT2D eigenvalue weighted by Crippen LogP contribution is -2.34. The number of likely N-dealkylation sites (N-methyl/N-ethyl adjacent to an activating group) is 1. The Kier molecular flexibility index (Phi) is 6.10. The molecule has 4 heteroatoms. The summed E-state index contributed by atoms with van der Waals surface area (Å²) in [5.74, 6) is 0. The van der Waals surface area contributed by atoms with Crippen molar-refractivity contribution in [2.75, 3.05) is 20.6 Å². The van der Waals surface area contributed by atoms with Gasteiger partial charge < -0.3 is 14.0 Å². The Morgan fingerprint density at radius 1 is 0.774 bits per heavy atom. The highest BCUT2D eigenvalue weighted by Gasteiger charge is 2.20. The van der Waals surface area contributed by atoms with Crippen LogP contribution in [0.1, 0.15) is 28.3 Å².